The van der Waals surface area contributed by atoms with Crippen molar-refractivity contribution in [3.63, 3.8) is 0 Å². The molecule has 0 radical (unpaired) electrons. The van der Waals surface area contributed by atoms with Gasteiger partial charge in [-0.15, -0.1) is 0 Å². The molecular formula is C32H32ClNO3. The van der Waals surface area contributed by atoms with Gasteiger partial charge >= 0.3 is 0 Å². The van der Waals surface area contributed by atoms with E-state index in [-0.39, 0.29) is 22.4 Å². The monoisotopic (exact) mass is 513 g/mol. The van der Waals surface area contributed by atoms with Crippen LogP contribution in [0.3, 0.4) is 0 Å². The van der Waals surface area contributed by atoms with Crippen molar-refractivity contribution in [3.05, 3.63) is 93.5 Å². The molecule has 0 N–H and O–H groups in total. The summed E-state index contributed by atoms with van der Waals surface area (Å²) in [5.74, 6) is 1.29. The second-order valence-electron chi connectivity index (χ2n) is 12.4. The number of allylic oxidation sites excluding steroid dienone is 4. The topological polar surface area (TPSA) is 48.3 Å². The van der Waals surface area contributed by atoms with Crippen LogP contribution in [0.2, 0.25) is 5.02 Å². The predicted octanol–water partition coefficient (Wildman–Crippen LogP) is 7.74. The third-order valence-electron chi connectivity index (χ3n) is 7.98. The minimum absolute atomic E-state index is 0.0926. The van der Waals surface area contributed by atoms with Gasteiger partial charge in [-0.25, -0.2) is 0 Å². The molecule has 4 nitrogen and oxygen atoms in total. The van der Waals surface area contributed by atoms with Gasteiger partial charge in [0.05, 0.1) is 0 Å². The second-order valence-corrected chi connectivity index (χ2v) is 12.9. The Hall–Kier alpha value is -3.11. The molecule has 3 aromatic rings. The number of Topliss-reactive ketones (excluding diaryl/α,β-unsaturated/α-hetero) is 2. The number of ketones is 2. The van der Waals surface area contributed by atoms with Crippen LogP contribution in [0.1, 0.15) is 70.4 Å². The van der Waals surface area contributed by atoms with Crippen LogP contribution in [0.25, 0.3) is 10.9 Å². The highest BCUT2D eigenvalue weighted by molar-refractivity contribution is 6.30. The summed E-state index contributed by atoms with van der Waals surface area (Å²) in [5, 5.41) is 1.78. The molecule has 37 heavy (non-hydrogen) atoms. The van der Waals surface area contributed by atoms with Crippen molar-refractivity contribution in [2.75, 3.05) is 0 Å². The lowest BCUT2D eigenvalue weighted by molar-refractivity contribution is -0.120. The minimum Gasteiger partial charge on any atom is -0.465 e. The van der Waals surface area contributed by atoms with Crippen molar-refractivity contribution in [1.29, 1.82) is 0 Å². The number of halogens is 1. The quantitative estimate of drug-likeness (QED) is 0.360. The largest absolute Gasteiger partial charge is 0.465 e. The first-order valence-electron chi connectivity index (χ1n) is 13.0. The number of para-hydroxylation sites is 1. The van der Waals surface area contributed by atoms with Gasteiger partial charge in [0.1, 0.15) is 11.5 Å². The maximum absolute atomic E-state index is 13.7. The first kappa shape index (κ1) is 24.2. The Morgan fingerprint density at radius 2 is 1.41 bits per heavy atom. The van der Waals surface area contributed by atoms with Crippen molar-refractivity contribution in [3.8, 4) is 0 Å². The summed E-state index contributed by atoms with van der Waals surface area (Å²) in [6.45, 7) is 9.13. The second kappa shape index (κ2) is 8.46. The molecule has 0 atom stereocenters. The number of ether oxygens (including phenoxy) is 1. The lowest BCUT2D eigenvalue weighted by atomic mass is 9.65. The van der Waals surface area contributed by atoms with E-state index in [0.29, 0.717) is 48.4 Å². The number of hydrogen-bond acceptors (Lipinski definition) is 3. The van der Waals surface area contributed by atoms with Crippen LogP contribution in [0.4, 0.5) is 0 Å². The zero-order valence-electron chi connectivity index (χ0n) is 21.9. The number of benzene rings is 2. The van der Waals surface area contributed by atoms with Crippen molar-refractivity contribution in [2.45, 2.75) is 65.8 Å². The average molecular weight is 514 g/mol. The van der Waals surface area contributed by atoms with Gasteiger partial charge in [0.15, 0.2) is 11.6 Å². The molecule has 190 valence electrons. The van der Waals surface area contributed by atoms with Crippen LogP contribution in [0, 0.1) is 10.8 Å². The highest BCUT2D eigenvalue weighted by atomic mass is 35.5. The summed E-state index contributed by atoms with van der Waals surface area (Å²) in [5.41, 5.74) is 4.24. The summed E-state index contributed by atoms with van der Waals surface area (Å²) in [6.07, 6.45) is 4.44. The number of hydrogen-bond donors (Lipinski definition) is 0. The van der Waals surface area contributed by atoms with Crippen LogP contribution >= 0.6 is 11.6 Å². The van der Waals surface area contributed by atoms with Gasteiger partial charge in [0.25, 0.3) is 0 Å². The predicted molar refractivity (Wildman–Crippen MR) is 146 cm³/mol. The molecule has 0 spiro atoms. The minimum atomic E-state index is -0.401. The van der Waals surface area contributed by atoms with E-state index >= 15 is 0 Å². The molecule has 0 amide bonds. The Morgan fingerprint density at radius 1 is 0.838 bits per heavy atom. The highest BCUT2D eigenvalue weighted by Crippen LogP contribution is 2.54. The molecule has 0 saturated carbocycles. The van der Waals surface area contributed by atoms with E-state index in [4.69, 9.17) is 16.3 Å². The summed E-state index contributed by atoms with van der Waals surface area (Å²) in [7, 11) is 0. The van der Waals surface area contributed by atoms with Gasteiger partial charge in [-0.1, -0.05) is 69.6 Å². The van der Waals surface area contributed by atoms with E-state index in [2.05, 4.69) is 50.6 Å². The molecule has 3 aliphatic rings. The van der Waals surface area contributed by atoms with Crippen molar-refractivity contribution < 1.29 is 14.3 Å². The van der Waals surface area contributed by atoms with E-state index in [9.17, 15) is 9.59 Å². The first-order chi connectivity index (χ1) is 17.5. The molecule has 1 aliphatic heterocycles. The van der Waals surface area contributed by atoms with Gasteiger partial charge < -0.3 is 9.30 Å². The standard InChI is InChI=1S/C32H32ClNO3/c1-31(2)13-24(35)29-26(15-31)37-27-16-32(3,4)14-25(36)30(27)28(29)22-18-34(23-8-6-5-7-21(22)23)17-19-9-11-20(33)12-10-19/h5-12,18,28H,13-17H2,1-4H3. The van der Waals surface area contributed by atoms with Crippen molar-refractivity contribution >= 4 is 34.1 Å². The average Bonchev–Trinajstić information content (AvgIpc) is 3.15. The summed E-state index contributed by atoms with van der Waals surface area (Å²) in [4.78, 5) is 27.4. The summed E-state index contributed by atoms with van der Waals surface area (Å²) < 4.78 is 8.70. The first-order valence-corrected chi connectivity index (χ1v) is 13.4. The molecule has 5 heteroatoms. The van der Waals surface area contributed by atoms with Gasteiger partial charge in [-0.05, 0) is 40.2 Å². The van der Waals surface area contributed by atoms with E-state index < -0.39 is 5.92 Å². The third-order valence-corrected chi connectivity index (χ3v) is 8.23. The van der Waals surface area contributed by atoms with Crippen molar-refractivity contribution in [2.24, 2.45) is 10.8 Å². The number of carbonyl (C=O) groups is 2. The smallest absolute Gasteiger partial charge is 0.163 e. The Kier molecular flexibility index (Phi) is 5.54. The normalized spacial score (nSPS) is 21.2. The molecule has 0 bridgehead atoms. The lowest BCUT2D eigenvalue weighted by Crippen LogP contribution is -2.37. The van der Waals surface area contributed by atoms with Gasteiger partial charge in [-0.2, -0.15) is 0 Å². The Labute approximate surface area is 223 Å². The Bertz CT molecular complexity index is 1470. The fraction of sp³-hybridized carbons (Fsp3) is 0.375. The number of carbonyl (C=O) groups excluding carboxylic acids is 2. The lowest BCUT2D eigenvalue weighted by Gasteiger charge is -2.42. The molecule has 0 saturated heterocycles. The maximum Gasteiger partial charge on any atom is 0.163 e. The van der Waals surface area contributed by atoms with Gasteiger partial charge in [0, 0.05) is 71.4 Å². The molecule has 6 rings (SSSR count). The molecule has 2 heterocycles. The van der Waals surface area contributed by atoms with Crippen molar-refractivity contribution in [1.82, 2.24) is 4.57 Å². The number of nitrogens with zero attached hydrogens (tertiary/aromatic N) is 1. The third kappa shape index (κ3) is 4.25. The molecule has 2 aliphatic carbocycles. The fourth-order valence-corrected chi connectivity index (χ4v) is 6.53. The number of aromatic nitrogens is 1. The van der Waals surface area contributed by atoms with E-state index in [1.165, 1.54) is 0 Å². The number of fused-ring (bicyclic) bond motifs is 1. The van der Waals surface area contributed by atoms with E-state index in [0.717, 1.165) is 33.5 Å². The van der Waals surface area contributed by atoms with Gasteiger partial charge in [-0.3, -0.25) is 9.59 Å². The summed E-state index contributed by atoms with van der Waals surface area (Å²) in [6, 6.07) is 16.1. The Morgan fingerprint density at radius 3 is 2.00 bits per heavy atom. The number of rotatable bonds is 3. The zero-order valence-corrected chi connectivity index (χ0v) is 22.6. The summed E-state index contributed by atoms with van der Waals surface area (Å²) >= 11 is 6.12. The molecular weight excluding hydrogens is 482 g/mol. The van der Waals surface area contributed by atoms with Gasteiger partial charge in [0.2, 0.25) is 0 Å². The highest BCUT2D eigenvalue weighted by Gasteiger charge is 2.48. The molecule has 0 fully saturated rings. The van der Waals surface area contributed by atoms with E-state index in [1.54, 1.807) is 0 Å². The van der Waals surface area contributed by atoms with Crippen LogP contribution in [0.5, 0.6) is 0 Å². The Balaban J connectivity index is 1.56. The zero-order chi connectivity index (χ0) is 26.1. The van der Waals surface area contributed by atoms with Crippen LogP contribution in [-0.2, 0) is 20.9 Å². The maximum atomic E-state index is 13.7. The van der Waals surface area contributed by atoms with Crippen LogP contribution in [-0.4, -0.2) is 16.1 Å². The molecule has 0 unspecified atom stereocenters. The molecule has 1 aromatic heterocycles. The fourth-order valence-electron chi connectivity index (χ4n) is 6.41. The van der Waals surface area contributed by atoms with Crippen LogP contribution < -0.4 is 0 Å². The van der Waals surface area contributed by atoms with E-state index in [1.807, 2.05) is 36.4 Å². The SMILES string of the molecule is CC1(C)CC(=O)C2=C(C1)OC1=C(C(=O)CC(C)(C)C1)C2c1cn(Cc2ccc(Cl)cc2)c2ccccc12. The molecule has 2 aromatic carbocycles. The van der Waals surface area contributed by atoms with Crippen LogP contribution in [0.15, 0.2) is 77.4 Å².